The third-order valence-electron chi connectivity index (χ3n) is 2.30. The van der Waals surface area contributed by atoms with Gasteiger partial charge in [0.1, 0.15) is 6.61 Å². The lowest BCUT2D eigenvalue weighted by Crippen LogP contribution is -2.12. The standard InChI is InChI=1S/C13H22N2O2/c1-4-12-7-11(9-14)8-13(15-12)17-6-5-16-10(2)3/h7-8,10H,4-6,9,14H2,1-3H3. The molecule has 0 amide bonds. The minimum absolute atomic E-state index is 0.230. The third-order valence-corrected chi connectivity index (χ3v) is 2.30. The van der Waals surface area contributed by atoms with Crippen molar-refractivity contribution in [3.63, 3.8) is 0 Å². The van der Waals surface area contributed by atoms with Crippen molar-refractivity contribution in [2.24, 2.45) is 5.73 Å². The second kappa shape index (κ2) is 7.25. The van der Waals surface area contributed by atoms with Gasteiger partial charge < -0.3 is 15.2 Å². The lowest BCUT2D eigenvalue weighted by Gasteiger charge is -2.10. The summed E-state index contributed by atoms with van der Waals surface area (Å²) in [4.78, 5) is 4.38. The molecule has 0 aliphatic carbocycles. The molecule has 0 saturated heterocycles. The van der Waals surface area contributed by atoms with E-state index >= 15 is 0 Å². The molecule has 0 aliphatic heterocycles. The Labute approximate surface area is 103 Å². The summed E-state index contributed by atoms with van der Waals surface area (Å²) in [6.45, 7) is 7.67. The summed E-state index contributed by atoms with van der Waals surface area (Å²) in [5.74, 6) is 0.636. The average Bonchev–Trinajstić information content (AvgIpc) is 2.34. The molecule has 0 spiro atoms. The first-order chi connectivity index (χ1) is 8.15. The Morgan fingerprint density at radius 3 is 2.65 bits per heavy atom. The molecule has 0 fully saturated rings. The lowest BCUT2D eigenvalue weighted by atomic mass is 10.2. The number of hydrogen-bond acceptors (Lipinski definition) is 4. The molecule has 0 bridgehead atoms. The van der Waals surface area contributed by atoms with E-state index in [1.54, 1.807) is 0 Å². The van der Waals surface area contributed by atoms with Crippen LogP contribution in [0.2, 0.25) is 0 Å². The van der Waals surface area contributed by atoms with E-state index in [4.69, 9.17) is 15.2 Å². The molecule has 1 heterocycles. The van der Waals surface area contributed by atoms with E-state index in [9.17, 15) is 0 Å². The molecule has 0 unspecified atom stereocenters. The normalized spacial score (nSPS) is 10.9. The molecule has 2 N–H and O–H groups in total. The maximum atomic E-state index is 5.63. The molecule has 17 heavy (non-hydrogen) atoms. The minimum atomic E-state index is 0.230. The number of nitrogens with zero attached hydrogens (tertiary/aromatic N) is 1. The van der Waals surface area contributed by atoms with Crippen LogP contribution in [0.25, 0.3) is 0 Å². The van der Waals surface area contributed by atoms with Gasteiger partial charge in [0.25, 0.3) is 0 Å². The molecule has 4 nitrogen and oxygen atoms in total. The molecular formula is C13H22N2O2. The highest BCUT2D eigenvalue weighted by atomic mass is 16.5. The molecule has 0 radical (unpaired) electrons. The smallest absolute Gasteiger partial charge is 0.213 e. The molecule has 0 atom stereocenters. The van der Waals surface area contributed by atoms with Crippen LogP contribution in [0.3, 0.4) is 0 Å². The highest BCUT2D eigenvalue weighted by Crippen LogP contribution is 2.13. The number of rotatable bonds is 7. The highest BCUT2D eigenvalue weighted by Gasteiger charge is 2.02. The fraction of sp³-hybridized carbons (Fsp3) is 0.615. The van der Waals surface area contributed by atoms with Crippen molar-refractivity contribution in [3.05, 3.63) is 23.4 Å². The highest BCUT2D eigenvalue weighted by molar-refractivity contribution is 5.25. The van der Waals surface area contributed by atoms with E-state index in [0.29, 0.717) is 25.6 Å². The second-order valence-electron chi connectivity index (χ2n) is 4.13. The van der Waals surface area contributed by atoms with Gasteiger partial charge in [0.15, 0.2) is 0 Å². The fourth-order valence-corrected chi connectivity index (χ4v) is 1.42. The number of aromatic nitrogens is 1. The minimum Gasteiger partial charge on any atom is -0.475 e. The second-order valence-corrected chi connectivity index (χ2v) is 4.13. The Bertz CT molecular complexity index is 318. The Balaban J connectivity index is 2.51. The van der Waals surface area contributed by atoms with Crippen LogP contribution < -0.4 is 10.5 Å². The van der Waals surface area contributed by atoms with Gasteiger partial charge >= 0.3 is 0 Å². The number of pyridine rings is 1. The van der Waals surface area contributed by atoms with Crippen molar-refractivity contribution >= 4 is 0 Å². The van der Waals surface area contributed by atoms with Crippen LogP contribution in [0.5, 0.6) is 5.88 Å². The predicted molar refractivity (Wildman–Crippen MR) is 68.1 cm³/mol. The quantitative estimate of drug-likeness (QED) is 0.737. The van der Waals surface area contributed by atoms with E-state index < -0.39 is 0 Å². The predicted octanol–water partition coefficient (Wildman–Crippen LogP) is 1.91. The van der Waals surface area contributed by atoms with E-state index in [0.717, 1.165) is 17.7 Å². The Kier molecular flexibility index (Phi) is 5.94. The Morgan fingerprint density at radius 2 is 2.06 bits per heavy atom. The van der Waals surface area contributed by atoms with Crippen molar-refractivity contribution in [1.29, 1.82) is 0 Å². The van der Waals surface area contributed by atoms with Gasteiger partial charge in [-0.3, -0.25) is 0 Å². The average molecular weight is 238 g/mol. The van der Waals surface area contributed by atoms with Crippen LogP contribution in [0.15, 0.2) is 12.1 Å². The van der Waals surface area contributed by atoms with Gasteiger partial charge in [0, 0.05) is 18.3 Å². The summed E-state index contributed by atoms with van der Waals surface area (Å²) < 4.78 is 10.9. The first kappa shape index (κ1) is 13.9. The molecule has 1 aromatic heterocycles. The van der Waals surface area contributed by atoms with Crippen molar-refractivity contribution in [2.75, 3.05) is 13.2 Å². The third kappa shape index (κ3) is 5.15. The molecular weight excluding hydrogens is 216 g/mol. The van der Waals surface area contributed by atoms with Crippen molar-refractivity contribution in [1.82, 2.24) is 4.98 Å². The SMILES string of the molecule is CCc1cc(CN)cc(OCCOC(C)C)n1. The molecule has 4 heteroatoms. The fourth-order valence-electron chi connectivity index (χ4n) is 1.42. The monoisotopic (exact) mass is 238 g/mol. The number of aryl methyl sites for hydroxylation is 1. The summed E-state index contributed by atoms with van der Waals surface area (Å²) in [7, 11) is 0. The summed E-state index contributed by atoms with van der Waals surface area (Å²) in [6, 6.07) is 3.89. The van der Waals surface area contributed by atoms with E-state index in [2.05, 4.69) is 11.9 Å². The van der Waals surface area contributed by atoms with E-state index in [-0.39, 0.29) is 6.10 Å². The lowest BCUT2D eigenvalue weighted by molar-refractivity contribution is 0.0542. The molecule has 0 saturated carbocycles. The first-order valence-corrected chi connectivity index (χ1v) is 6.10. The van der Waals surface area contributed by atoms with Gasteiger partial charge in [-0.2, -0.15) is 0 Å². The maximum absolute atomic E-state index is 5.63. The zero-order valence-electron chi connectivity index (χ0n) is 10.9. The van der Waals surface area contributed by atoms with Gasteiger partial charge in [-0.05, 0) is 31.9 Å². The molecule has 0 aliphatic rings. The van der Waals surface area contributed by atoms with Crippen LogP contribution in [-0.2, 0) is 17.7 Å². The van der Waals surface area contributed by atoms with Crippen LogP contribution in [0, 0.1) is 0 Å². The van der Waals surface area contributed by atoms with Gasteiger partial charge in [0.05, 0.1) is 12.7 Å². The van der Waals surface area contributed by atoms with Crippen molar-refractivity contribution in [3.8, 4) is 5.88 Å². The largest absolute Gasteiger partial charge is 0.475 e. The zero-order chi connectivity index (χ0) is 12.7. The number of hydrogen-bond donors (Lipinski definition) is 1. The van der Waals surface area contributed by atoms with Crippen molar-refractivity contribution < 1.29 is 9.47 Å². The van der Waals surface area contributed by atoms with Crippen LogP contribution in [0.1, 0.15) is 32.0 Å². The topological polar surface area (TPSA) is 57.4 Å². The summed E-state index contributed by atoms with van der Waals surface area (Å²) in [6.07, 6.45) is 1.11. The van der Waals surface area contributed by atoms with Crippen LogP contribution >= 0.6 is 0 Å². The summed E-state index contributed by atoms with van der Waals surface area (Å²) >= 11 is 0. The van der Waals surface area contributed by atoms with Crippen LogP contribution in [-0.4, -0.2) is 24.3 Å². The Hall–Kier alpha value is -1.13. The Morgan fingerprint density at radius 1 is 1.29 bits per heavy atom. The van der Waals surface area contributed by atoms with E-state index in [1.165, 1.54) is 0 Å². The zero-order valence-corrected chi connectivity index (χ0v) is 10.9. The van der Waals surface area contributed by atoms with Gasteiger partial charge in [-0.1, -0.05) is 6.92 Å². The maximum Gasteiger partial charge on any atom is 0.213 e. The first-order valence-electron chi connectivity index (χ1n) is 6.10. The number of nitrogens with two attached hydrogens (primary N) is 1. The molecule has 96 valence electrons. The molecule has 0 aromatic carbocycles. The van der Waals surface area contributed by atoms with Gasteiger partial charge in [0.2, 0.25) is 5.88 Å². The summed E-state index contributed by atoms with van der Waals surface area (Å²) in [5, 5.41) is 0. The van der Waals surface area contributed by atoms with Crippen molar-refractivity contribution in [2.45, 2.75) is 39.8 Å². The number of ether oxygens (including phenoxy) is 2. The molecule has 1 aromatic rings. The van der Waals surface area contributed by atoms with Gasteiger partial charge in [-0.25, -0.2) is 4.98 Å². The molecule has 1 rings (SSSR count). The van der Waals surface area contributed by atoms with Gasteiger partial charge in [-0.15, -0.1) is 0 Å². The van der Waals surface area contributed by atoms with E-state index in [1.807, 2.05) is 26.0 Å². The van der Waals surface area contributed by atoms with Crippen LogP contribution in [0.4, 0.5) is 0 Å². The summed E-state index contributed by atoms with van der Waals surface area (Å²) in [5.41, 5.74) is 7.69.